The molecule has 0 rings (SSSR count). The first-order valence-corrected chi connectivity index (χ1v) is 5.80. The number of amides is 1. The Hall–Kier alpha value is -1.06. The monoisotopic (exact) mass is 229 g/mol. The molecule has 4 heteroatoms. The third-order valence-corrected chi connectivity index (χ3v) is 2.24. The van der Waals surface area contributed by atoms with E-state index in [4.69, 9.17) is 5.11 Å². The van der Waals surface area contributed by atoms with Crippen molar-refractivity contribution in [2.45, 2.75) is 52.9 Å². The van der Waals surface area contributed by atoms with Gasteiger partial charge in [-0.1, -0.05) is 20.8 Å². The molecule has 0 spiro atoms. The third-order valence-electron chi connectivity index (χ3n) is 2.24. The summed E-state index contributed by atoms with van der Waals surface area (Å²) in [5.41, 5.74) is 0.233. The molecular formula is C12H23NO3. The number of nitrogens with one attached hydrogen (secondary N) is 1. The summed E-state index contributed by atoms with van der Waals surface area (Å²) in [4.78, 5) is 21.5. The van der Waals surface area contributed by atoms with E-state index in [9.17, 15) is 9.59 Å². The Kier molecular flexibility index (Phi) is 6.77. The lowest BCUT2D eigenvalue weighted by molar-refractivity contribution is -0.137. The second-order valence-electron chi connectivity index (χ2n) is 5.26. The Balaban J connectivity index is 3.42. The molecule has 0 saturated heterocycles. The minimum atomic E-state index is -0.798. The highest BCUT2D eigenvalue weighted by atomic mass is 16.4. The summed E-state index contributed by atoms with van der Waals surface area (Å²) in [6, 6.07) is 0. The molecule has 1 amide bonds. The predicted molar refractivity (Wildman–Crippen MR) is 63.2 cm³/mol. The van der Waals surface area contributed by atoms with Crippen molar-refractivity contribution in [1.82, 2.24) is 5.32 Å². The molecule has 0 fully saturated rings. The van der Waals surface area contributed by atoms with Crippen LogP contribution >= 0.6 is 0 Å². The third kappa shape index (κ3) is 11.0. The van der Waals surface area contributed by atoms with Gasteiger partial charge in [-0.25, -0.2) is 0 Å². The molecular weight excluding hydrogens is 206 g/mol. The number of carboxylic acid groups (broad SMARTS) is 1. The maximum absolute atomic E-state index is 11.3. The fraction of sp³-hybridized carbons (Fsp3) is 0.833. The number of hydrogen-bond donors (Lipinski definition) is 2. The quantitative estimate of drug-likeness (QED) is 0.657. The predicted octanol–water partition coefficient (Wildman–Crippen LogP) is 2.18. The first-order valence-electron chi connectivity index (χ1n) is 5.80. The van der Waals surface area contributed by atoms with Crippen molar-refractivity contribution in [3.63, 3.8) is 0 Å². The van der Waals surface area contributed by atoms with Gasteiger partial charge < -0.3 is 10.4 Å². The van der Waals surface area contributed by atoms with Gasteiger partial charge in [0, 0.05) is 19.4 Å². The van der Waals surface area contributed by atoms with Crippen molar-refractivity contribution in [3.05, 3.63) is 0 Å². The van der Waals surface area contributed by atoms with Crippen molar-refractivity contribution in [2.75, 3.05) is 6.54 Å². The van der Waals surface area contributed by atoms with E-state index >= 15 is 0 Å². The van der Waals surface area contributed by atoms with Crippen LogP contribution < -0.4 is 5.32 Å². The summed E-state index contributed by atoms with van der Waals surface area (Å²) >= 11 is 0. The van der Waals surface area contributed by atoms with Gasteiger partial charge >= 0.3 is 5.97 Å². The largest absolute Gasteiger partial charge is 0.481 e. The summed E-state index contributed by atoms with van der Waals surface area (Å²) in [6.45, 7) is 7.09. The highest BCUT2D eigenvalue weighted by Gasteiger charge is 2.10. The van der Waals surface area contributed by atoms with E-state index in [-0.39, 0.29) is 17.7 Å². The number of unbranched alkanes of at least 4 members (excludes halogenated alkanes) is 1. The summed E-state index contributed by atoms with van der Waals surface area (Å²) in [5.74, 6) is -0.775. The summed E-state index contributed by atoms with van der Waals surface area (Å²) < 4.78 is 0. The highest BCUT2D eigenvalue weighted by molar-refractivity contribution is 5.75. The average Bonchev–Trinajstić information content (AvgIpc) is 2.10. The zero-order valence-electron chi connectivity index (χ0n) is 10.5. The molecule has 0 unspecified atom stereocenters. The van der Waals surface area contributed by atoms with Crippen LogP contribution in [0.15, 0.2) is 0 Å². The molecule has 0 aliphatic carbocycles. The number of rotatable bonds is 7. The topological polar surface area (TPSA) is 66.4 Å². The van der Waals surface area contributed by atoms with Crippen molar-refractivity contribution >= 4 is 11.9 Å². The van der Waals surface area contributed by atoms with Crippen LogP contribution in [0.1, 0.15) is 52.9 Å². The molecule has 4 nitrogen and oxygen atoms in total. The second-order valence-corrected chi connectivity index (χ2v) is 5.26. The minimum Gasteiger partial charge on any atom is -0.481 e. The number of aliphatic carboxylic acids is 1. The first-order chi connectivity index (χ1) is 7.31. The smallest absolute Gasteiger partial charge is 0.303 e. The zero-order chi connectivity index (χ0) is 12.6. The van der Waals surface area contributed by atoms with Gasteiger partial charge in [0.05, 0.1) is 0 Å². The standard InChI is InChI=1S/C12H23NO3/c1-12(2,3)8-9-13-10(14)6-4-5-7-11(15)16/h4-9H2,1-3H3,(H,13,14)(H,15,16). The van der Waals surface area contributed by atoms with Crippen LogP contribution in [-0.4, -0.2) is 23.5 Å². The van der Waals surface area contributed by atoms with E-state index in [1.54, 1.807) is 0 Å². The van der Waals surface area contributed by atoms with Crippen LogP contribution in [-0.2, 0) is 9.59 Å². The molecule has 0 aliphatic rings. The lowest BCUT2D eigenvalue weighted by Gasteiger charge is -2.17. The number of carbonyl (C=O) groups is 2. The van der Waals surface area contributed by atoms with Crippen LogP contribution in [0, 0.1) is 5.41 Å². The fourth-order valence-corrected chi connectivity index (χ4v) is 1.23. The highest BCUT2D eigenvalue weighted by Crippen LogP contribution is 2.16. The van der Waals surface area contributed by atoms with E-state index in [0.717, 1.165) is 6.42 Å². The first kappa shape index (κ1) is 14.9. The van der Waals surface area contributed by atoms with Gasteiger partial charge in [0.15, 0.2) is 0 Å². The molecule has 94 valence electrons. The molecule has 0 bridgehead atoms. The van der Waals surface area contributed by atoms with E-state index in [1.807, 2.05) is 0 Å². The van der Waals surface area contributed by atoms with Crippen LogP contribution in [0.25, 0.3) is 0 Å². The lowest BCUT2D eigenvalue weighted by Crippen LogP contribution is -2.26. The van der Waals surface area contributed by atoms with E-state index in [1.165, 1.54) is 0 Å². The van der Waals surface area contributed by atoms with Crippen LogP contribution in [0.5, 0.6) is 0 Å². The molecule has 0 radical (unpaired) electrons. The van der Waals surface area contributed by atoms with Crippen molar-refractivity contribution < 1.29 is 14.7 Å². The van der Waals surface area contributed by atoms with Crippen LogP contribution in [0.3, 0.4) is 0 Å². The normalized spacial score (nSPS) is 11.2. The Labute approximate surface area is 97.4 Å². The second kappa shape index (κ2) is 7.25. The summed E-state index contributed by atoms with van der Waals surface area (Å²) in [6.07, 6.45) is 2.75. The van der Waals surface area contributed by atoms with E-state index in [0.29, 0.717) is 25.8 Å². The molecule has 0 heterocycles. The van der Waals surface area contributed by atoms with Gasteiger partial charge in [-0.2, -0.15) is 0 Å². The number of carboxylic acids is 1. The van der Waals surface area contributed by atoms with Gasteiger partial charge in [0.1, 0.15) is 0 Å². The van der Waals surface area contributed by atoms with Gasteiger partial charge in [-0.05, 0) is 24.7 Å². The average molecular weight is 229 g/mol. The minimum absolute atomic E-state index is 0.0228. The van der Waals surface area contributed by atoms with E-state index in [2.05, 4.69) is 26.1 Å². The molecule has 16 heavy (non-hydrogen) atoms. The van der Waals surface area contributed by atoms with Gasteiger partial charge in [-0.15, -0.1) is 0 Å². The molecule has 0 saturated carbocycles. The summed E-state index contributed by atoms with van der Waals surface area (Å²) in [5, 5.41) is 11.3. The van der Waals surface area contributed by atoms with E-state index < -0.39 is 5.97 Å². The van der Waals surface area contributed by atoms with Crippen LogP contribution in [0.2, 0.25) is 0 Å². The van der Waals surface area contributed by atoms with Crippen molar-refractivity contribution in [2.24, 2.45) is 5.41 Å². The van der Waals surface area contributed by atoms with Gasteiger partial charge in [0.25, 0.3) is 0 Å². The van der Waals surface area contributed by atoms with Gasteiger partial charge in [0.2, 0.25) is 5.91 Å². The fourth-order valence-electron chi connectivity index (χ4n) is 1.23. The van der Waals surface area contributed by atoms with Gasteiger partial charge in [-0.3, -0.25) is 9.59 Å². The van der Waals surface area contributed by atoms with Crippen molar-refractivity contribution in [1.29, 1.82) is 0 Å². The molecule has 0 aliphatic heterocycles. The zero-order valence-corrected chi connectivity index (χ0v) is 10.5. The summed E-state index contributed by atoms with van der Waals surface area (Å²) in [7, 11) is 0. The Morgan fingerprint density at radius 3 is 2.19 bits per heavy atom. The number of hydrogen-bond acceptors (Lipinski definition) is 2. The molecule has 0 aromatic carbocycles. The Morgan fingerprint density at radius 1 is 1.12 bits per heavy atom. The Bertz CT molecular complexity index is 231. The maximum Gasteiger partial charge on any atom is 0.303 e. The van der Waals surface area contributed by atoms with Crippen LogP contribution in [0.4, 0.5) is 0 Å². The molecule has 0 aromatic rings. The Morgan fingerprint density at radius 2 is 1.69 bits per heavy atom. The maximum atomic E-state index is 11.3. The van der Waals surface area contributed by atoms with Crippen molar-refractivity contribution in [3.8, 4) is 0 Å². The lowest BCUT2D eigenvalue weighted by atomic mass is 9.92. The molecule has 0 atom stereocenters. The SMILES string of the molecule is CC(C)(C)CCNC(=O)CCCCC(=O)O. The molecule has 0 aromatic heterocycles. The number of carbonyl (C=O) groups excluding carboxylic acids is 1. The molecule has 2 N–H and O–H groups in total.